The Morgan fingerprint density at radius 3 is 2.32 bits per heavy atom. The zero-order valence-electron chi connectivity index (χ0n) is 22.5. The molecule has 1 aliphatic heterocycles. The summed E-state index contributed by atoms with van der Waals surface area (Å²) in [6.07, 6.45) is 10.1. The molecular formula is C29H46O5. The maximum Gasteiger partial charge on any atom is 0.509 e. The highest BCUT2D eigenvalue weighted by Gasteiger charge is 2.73. The molecule has 5 heteroatoms. The molecule has 0 aromatic rings. The van der Waals surface area contributed by atoms with E-state index in [0.717, 1.165) is 44.9 Å². The Morgan fingerprint density at radius 1 is 1.00 bits per heavy atom. The van der Waals surface area contributed by atoms with Gasteiger partial charge < -0.3 is 14.2 Å². The van der Waals surface area contributed by atoms with E-state index in [9.17, 15) is 9.59 Å². The third-order valence-electron chi connectivity index (χ3n) is 12.3. The summed E-state index contributed by atoms with van der Waals surface area (Å²) < 4.78 is 17.7. The molecule has 0 N–H and O–H groups in total. The molecule has 1 saturated heterocycles. The predicted octanol–water partition coefficient (Wildman–Crippen LogP) is 7.06. The van der Waals surface area contributed by atoms with Crippen molar-refractivity contribution in [1.29, 1.82) is 0 Å². The summed E-state index contributed by atoms with van der Waals surface area (Å²) >= 11 is 0. The molecule has 9 atom stereocenters. The second-order valence-corrected chi connectivity index (χ2v) is 13.9. The van der Waals surface area contributed by atoms with E-state index in [1.807, 2.05) is 20.8 Å². The lowest BCUT2D eigenvalue weighted by molar-refractivity contribution is -0.201. The van der Waals surface area contributed by atoms with Crippen molar-refractivity contribution in [3.05, 3.63) is 0 Å². The largest absolute Gasteiger partial charge is 0.509 e. The second-order valence-electron chi connectivity index (χ2n) is 13.9. The lowest BCUT2D eigenvalue weighted by Gasteiger charge is -2.66. The summed E-state index contributed by atoms with van der Waals surface area (Å²) in [5.74, 6) is 1.81. The summed E-state index contributed by atoms with van der Waals surface area (Å²) in [6, 6.07) is 0. The summed E-state index contributed by atoms with van der Waals surface area (Å²) in [5, 5.41) is 0. The van der Waals surface area contributed by atoms with Crippen LogP contribution < -0.4 is 0 Å². The normalized spacial score (nSPS) is 50.1. The number of carbonyl (C=O) groups excluding carboxylic acids is 2. The van der Waals surface area contributed by atoms with Crippen LogP contribution in [-0.2, 0) is 19.0 Å². The smallest absolute Gasteiger partial charge is 0.462 e. The molecule has 5 rings (SSSR count). The van der Waals surface area contributed by atoms with Gasteiger partial charge in [0.1, 0.15) is 12.2 Å². The Hall–Kier alpha value is -1.26. The van der Waals surface area contributed by atoms with Crippen molar-refractivity contribution in [2.45, 2.75) is 130 Å². The van der Waals surface area contributed by atoms with Crippen molar-refractivity contribution >= 4 is 12.1 Å². The first kappa shape index (κ1) is 24.4. The summed E-state index contributed by atoms with van der Waals surface area (Å²) in [7, 11) is 0. The molecule has 34 heavy (non-hydrogen) atoms. The van der Waals surface area contributed by atoms with Crippen LogP contribution in [0.5, 0.6) is 0 Å². The van der Waals surface area contributed by atoms with Gasteiger partial charge in [-0.3, -0.25) is 4.79 Å². The van der Waals surface area contributed by atoms with Crippen LogP contribution in [0.4, 0.5) is 4.79 Å². The maximum atomic E-state index is 12.7. The fraction of sp³-hybridized carbons (Fsp3) is 0.931. The van der Waals surface area contributed by atoms with E-state index in [2.05, 4.69) is 27.7 Å². The first-order chi connectivity index (χ1) is 15.8. The van der Waals surface area contributed by atoms with Gasteiger partial charge in [-0.25, -0.2) is 4.79 Å². The van der Waals surface area contributed by atoms with Crippen molar-refractivity contribution in [2.75, 3.05) is 0 Å². The second kappa shape index (κ2) is 7.62. The Labute approximate surface area is 206 Å². The average molecular weight is 475 g/mol. The van der Waals surface area contributed by atoms with E-state index in [0.29, 0.717) is 23.2 Å². The van der Waals surface area contributed by atoms with Gasteiger partial charge in [-0.1, -0.05) is 27.7 Å². The Balaban J connectivity index is 1.36. The number of ether oxygens (including phenoxy) is 3. The number of rotatable bonds is 3. The molecule has 5 fully saturated rings. The van der Waals surface area contributed by atoms with Crippen LogP contribution in [0.25, 0.3) is 0 Å². The number of hydrogen-bond donors (Lipinski definition) is 0. The maximum absolute atomic E-state index is 12.7. The van der Waals surface area contributed by atoms with E-state index in [1.54, 1.807) is 0 Å². The monoisotopic (exact) mass is 474 g/mol. The van der Waals surface area contributed by atoms with E-state index >= 15 is 0 Å². The SMILES string of the molecule is CCC(C)(C)C(=O)OC1CCC2(C)C(CCC3(C)C2CCC2(C)C3CCC23OC(=O)OC3C)C1. The molecule has 1 heterocycles. The highest BCUT2D eigenvalue weighted by Crippen LogP contribution is 2.74. The van der Waals surface area contributed by atoms with Gasteiger partial charge in [0, 0.05) is 5.41 Å². The molecule has 0 aromatic heterocycles. The minimum absolute atomic E-state index is 0.0223. The number of hydrogen-bond acceptors (Lipinski definition) is 5. The van der Waals surface area contributed by atoms with Crippen molar-refractivity contribution in [2.24, 2.45) is 39.4 Å². The topological polar surface area (TPSA) is 61.8 Å². The van der Waals surface area contributed by atoms with Gasteiger partial charge in [-0.2, -0.15) is 0 Å². The van der Waals surface area contributed by atoms with E-state index in [4.69, 9.17) is 14.2 Å². The molecule has 0 amide bonds. The Bertz CT molecular complexity index is 867. The molecule has 4 saturated carbocycles. The lowest BCUT2D eigenvalue weighted by Crippen LogP contribution is -2.62. The number of cyclic esters (lactones) is 1. The molecule has 0 bridgehead atoms. The molecule has 1 spiro atoms. The zero-order chi connectivity index (χ0) is 24.7. The molecule has 4 aliphatic carbocycles. The van der Waals surface area contributed by atoms with Crippen LogP contribution in [0.1, 0.15) is 113 Å². The van der Waals surface area contributed by atoms with Crippen molar-refractivity contribution in [3.8, 4) is 0 Å². The van der Waals surface area contributed by atoms with Crippen LogP contribution in [0.15, 0.2) is 0 Å². The third kappa shape index (κ3) is 3.09. The Kier molecular flexibility index (Phi) is 5.48. The fourth-order valence-corrected chi connectivity index (χ4v) is 9.81. The molecule has 9 unspecified atom stereocenters. The highest BCUT2D eigenvalue weighted by atomic mass is 16.8. The fourth-order valence-electron chi connectivity index (χ4n) is 9.81. The van der Waals surface area contributed by atoms with Crippen molar-refractivity contribution in [1.82, 2.24) is 0 Å². The molecule has 192 valence electrons. The minimum atomic E-state index is -0.476. The lowest BCUT2D eigenvalue weighted by atomic mass is 9.39. The highest BCUT2D eigenvalue weighted by molar-refractivity contribution is 5.76. The number of fused-ring (bicyclic) bond motifs is 6. The van der Waals surface area contributed by atoms with Gasteiger partial charge in [0.2, 0.25) is 0 Å². The first-order valence-electron chi connectivity index (χ1n) is 13.9. The molecular weight excluding hydrogens is 428 g/mol. The van der Waals surface area contributed by atoms with Gasteiger partial charge in [-0.15, -0.1) is 0 Å². The van der Waals surface area contributed by atoms with Crippen LogP contribution in [-0.4, -0.2) is 29.9 Å². The standard InChI is InChI=1S/C29H46O5/c1-8-25(3,4)23(30)33-20-10-14-26(5)19(17-20)9-13-27(6)21(26)11-15-28(7)22(27)12-16-29(28)18(2)32-24(31)34-29/h18-22H,8-17H2,1-7H3. The van der Waals surface area contributed by atoms with Gasteiger partial charge in [0.25, 0.3) is 0 Å². The minimum Gasteiger partial charge on any atom is -0.462 e. The van der Waals surface area contributed by atoms with Crippen LogP contribution >= 0.6 is 0 Å². The summed E-state index contributed by atoms with van der Waals surface area (Å²) in [5.41, 5.74) is -0.335. The van der Waals surface area contributed by atoms with Crippen molar-refractivity contribution in [3.63, 3.8) is 0 Å². The van der Waals surface area contributed by atoms with Crippen LogP contribution in [0, 0.1) is 39.4 Å². The zero-order valence-corrected chi connectivity index (χ0v) is 22.5. The first-order valence-corrected chi connectivity index (χ1v) is 13.9. The van der Waals surface area contributed by atoms with Gasteiger partial charge in [0.15, 0.2) is 5.60 Å². The quantitative estimate of drug-likeness (QED) is 0.410. The summed E-state index contributed by atoms with van der Waals surface area (Å²) in [4.78, 5) is 24.9. The molecule has 0 aromatic carbocycles. The molecule has 5 nitrogen and oxygen atoms in total. The van der Waals surface area contributed by atoms with E-state index in [1.165, 1.54) is 19.3 Å². The summed E-state index contributed by atoms with van der Waals surface area (Å²) in [6.45, 7) is 15.6. The van der Waals surface area contributed by atoms with Crippen LogP contribution in [0.3, 0.4) is 0 Å². The van der Waals surface area contributed by atoms with E-state index < -0.39 is 17.2 Å². The van der Waals surface area contributed by atoms with Gasteiger partial charge >= 0.3 is 12.1 Å². The van der Waals surface area contributed by atoms with Gasteiger partial charge in [0.05, 0.1) is 5.41 Å². The van der Waals surface area contributed by atoms with Crippen LogP contribution in [0.2, 0.25) is 0 Å². The van der Waals surface area contributed by atoms with Crippen molar-refractivity contribution < 1.29 is 23.8 Å². The molecule has 5 aliphatic rings. The molecule has 0 radical (unpaired) electrons. The van der Waals surface area contributed by atoms with E-state index in [-0.39, 0.29) is 29.0 Å². The van der Waals surface area contributed by atoms with Gasteiger partial charge in [-0.05, 0) is 114 Å². The predicted molar refractivity (Wildman–Crippen MR) is 130 cm³/mol. The third-order valence-corrected chi connectivity index (χ3v) is 12.3. The number of carbonyl (C=O) groups is 2. The number of esters is 1. The average Bonchev–Trinajstić information content (AvgIpc) is 3.24. The Morgan fingerprint density at radius 2 is 1.68 bits per heavy atom.